The zero-order chi connectivity index (χ0) is 14.7. The second-order valence-corrected chi connectivity index (χ2v) is 6.71. The summed E-state index contributed by atoms with van der Waals surface area (Å²) in [5, 5.41) is 3.41. The normalized spacial score (nSPS) is 40.5. The Morgan fingerprint density at radius 1 is 1.11 bits per heavy atom. The number of carbonyl (C=O) groups excluding carboxylic acids is 1. The second-order valence-electron chi connectivity index (χ2n) is 6.71. The van der Waals surface area contributed by atoms with E-state index in [4.69, 9.17) is 0 Å². The molecule has 0 amide bonds. The summed E-state index contributed by atoms with van der Waals surface area (Å²) in [6.45, 7) is 10.7. The van der Waals surface area contributed by atoms with Crippen LogP contribution in [0.5, 0.6) is 0 Å². The third-order valence-electron chi connectivity index (χ3n) is 6.39. The zero-order valence-corrected chi connectivity index (χ0v) is 13.8. The van der Waals surface area contributed by atoms with Gasteiger partial charge >= 0.3 is 0 Å². The third-order valence-corrected chi connectivity index (χ3v) is 6.39. The van der Waals surface area contributed by atoms with Crippen molar-refractivity contribution < 1.29 is 4.79 Å². The lowest BCUT2D eigenvalue weighted by Crippen LogP contribution is -2.55. The first kappa shape index (κ1) is 16.7. The Kier molecular flexibility index (Phi) is 5.61. The van der Waals surface area contributed by atoms with Crippen molar-refractivity contribution >= 4 is 5.78 Å². The number of hydrogen-bond donors (Lipinski definition) is 1. The highest BCUT2D eigenvalue weighted by Gasteiger charge is 2.46. The van der Waals surface area contributed by atoms with Crippen molar-refractivity contribution in [3.63, 3.8) is 0 Å². The topological polar surface area (TPSA) is 29.1 Å². The van der Waals surface area contributed by atoms with E-state index < -0.39 is 0 Å². The molecule has 4 unspecified atom stereocenters. The quantitative estimate of drug-likeness (QED) is 0.827. The average molecular weight is 267 g/mol. The van der Waals surface area contributed by atoms with Crippen LogP contribution in [-0.2, 0) is 4.79 Å². The van der Waals surface area contributed by atoms with Crippen LogP contribution in [0, 0.1) is 17.3 Å². The van der Waals surface area contributed by atoms with Crippen LogP contribution in [0.15, 0.2) is 0 Å². The standard InChI is InChI=1S/C9H16O.C8H17N/c1-4-9(8(3)10)6-5-7(9)2;1-4-8(9-3)6-5-7(8)2/h7H,4-6H2,1-3H3;7,9H,4-6H2,1-3H3. The molecule has 0 aromatic rings. The average Bonchev–Trinajstić information content (AvgIpc) is 2.38. The van der Waals surface area contributed by atoms with Crippen LogP contribution >= 0.6 is 0 Å². The fourth-order valence-corrected chi connectivity index (χ4v) is 3.93. The van der Waals surface area contributed by atoms with E-state index in [1.807, 2.05) is 0 Å². The third kappa shape index (κ3) is 2.89. The van der Waals surface area contributed by atoms with Gasteiger partial charge in [-0.2, -0.15) is 0 Å². The molecule has 2 aliphatic rings. The lowest BCUT2D eigenvalue weighted by Gasteiger charge is -2.47. The molecular formula is C17H33NO. The molecule has 2 rings (SSSR count). The highest BCUT2D eigenvalue weighted by Crippen LogP contribution is 2.49. The van der Waals surface area contributed by atoms with Crippen LogP contribution in [0.3, 0.4) is 0 Å². The maximum atomic E-state index is 11.2. The van der Waals surface area contributed by atoms with Crippen molar-refractivity contribution in [3.05, 3.63) is 0 Å². The molecule has 0 radical (unpaired) electrons. The molecule has 0 aromatic carbocycles. The fraction of sp³-hybridized carbons (Fsp3) is 0.941. The van der Waals surface area contributed by atoms with Gasteiger partial charge in [0.05, 0.1) is 0 Å². The molecule has 2 saturated carbocycles. The van der Waals surface area contributed by atoms with Gasteiger partial charge in [0.25, 0.3) is 0 Å². The second kappa shape index (κ2) is 6.39. The van der Waals surface area contributed by atoms with Crippen molar-refractivity contribution in [1.82, 2.24) is 5.32 Å². The van der Waals surface area contributed by atoms with E-state index >= 15 is 0 Å². The Morgan fingerprint density at radius 2 is 1.68 bits per heavy atom. The maximum absolute atomic E-state index is 11.2. The molecule has 1 N–H and O–H groups in total. The Hall–Kier alpha value is -0.370. The summed E-state index contributed by atoms with van der Waals surface area (Å²) in [7, 11) is 2.08. The van der Waals surface area contributed by atoms with Gasteiger partial charge in [-0.3, -0.25) is 4.79 Å². The minimum atomic E-state index is 0.0833. The monoisotopic (exact) mass is 267 g/mol. The van der Waals surface area contributed by atoms with Crippen LogP contribution in [0.2, 0.25) is 0 Å². The number of rotatable bonds is 4. The van der Waals surface area contributed by atoms with E-state index in [9.17, 15) is 4.79 Å². The van der Waals surface area contributed by atoms with E-state index in [-0.39, 0.29) is 5.41 Å². The van der Waals surface area contributed by atoms with Crippen molar-refractivity contribution in [1.29, 1.82) is 0 Å². The van der Waals surface area contributed by atoms with E-state index in [0.29, 0.717) is 17.2 Å². The number of nitrogens with one attached hydrogen (secondary N) is 1. The van der Waals surface area contributed by atoms with Crippen LogP contribution in [0.1, 0.15) is 73.1 Å². The first-order chi connectivity index (χ1) is 8.88. The van der Waals surface area contributed by atoms with E-state index in [1.54, 1.807) is 6.92 Å². The minimum absolute atomic E-state index is 0.0833. The molecule has 2 heteroatoms. The summed E-state index contributed by atoms with van der Waals surface area (Å²) in [5.74, 6) is 1.93. The smallest absolute Gasteiger partial charge is 0.136 e. The number of carbonyl (C=O) groups is 1. The fourth-order valence-electron chi connectivity index (χ4n) is 3.93. The van der Waals surface area contributed by atoms with Crippen LogP contribution < -0.4 is 5.32 Å². The van der Waals surface area contributed by atoms with Gasteiger partial charge in [-0.1, -0.05) is 27.7 Å². The molecule has 2 nitrogen and oxygen atoms in total. The summed E-state index contributed by atoms with van der Waals surface area (Å²) in [6, 6.07) is 0. The van der Waals surface area contributed by atoms with Crippen molar-refractivity contribution in [3.8, 4) is 0 Å². The predicted octanol–water partition coefficient (Wildman–Crippen LogP) is 4.19. The first-order valence-corrected chi connectivity index (χ1v) is 8.08. The van der Waals surface area contributed by atoms with E-state index in [1.165, 1.54) is 25.7 Å². The molecule has 0 saturated heterocycles. The zero-order valence-electron chi connectivity index (χ0n) is 13.8. The molecule has 19 heavy (non-hydrogen) atoms. The molecule has 112 valence electrons. The van der Waals surface area contributed by atoms with Gasteiger partial charge in [0.15, 0.2) is 0 Å². The molecule has 2 fully saturated rings. The van der Waals surface area contributed by atoms with Gasteiger partial charge in [-0.05, 0) is 64.3 Å². The molecule has 0 aromatic heterocycles. The minimum Gasteiger partial charge on any atom is -0.314 e. The summed E-state index contributed by atoms with van der Waals surface area (Å²) < 4.78 is 0. The maximum Gasteiger partial charge on any atom is 0.136 e. The molecule has 0 spiro atoms. The summed E-state index contributed by atoms with van der Waals surface area (Å²) in [5.41, 5.74) is 0.597. The van der Waals surface area contributed by atoms with Crippen molar-refractivity contribution in [2.45, 2.75) is 78.7 Å². The Labute approximate surface area is 119 Å². The summed E-state index contributed by atoms with van der Waals surface area (Å²) in [4.78, 5) is 11.2. The Morgan fingerprint density at radius 3 is 1.68 bits per heavy atom. The molecule has 0 bridgehead atoms. The number of hydrogen-bond acceptors (Lipinski definition) is 2. The van der Waals surface area contributed by atoms with Gasteiger partial charge in [-0.15, -0.1) is 0 Å². The van der Waals surface area contributed by atoms with E-state index in [2.05, 4.69) is 40.1 Å². The largest absolute Gasteiger partial charge is 0.314 e. The molecule has 0 aliphatic heterocycles. The number of ketones is 1. The van der Waals surface area contributed by atoms with Crippen molar-refractivity contribution in [2.75, 3.05) is 7.05 Å². The Balaban J connectivity index is 0.000000191. The highest BCUT2D eigenvalue weighted by atomic mass is 16.1. The van der Waals surface area contributed by atoms with Gasteiger partial charge < -0.3 is 5.32 Å². The highest BCUT2D eigenvalue weighted by molar-refractivity contribution is 5.83. The Bertz CT molecular complexity index is 299. The molecular weight excluding hydrogens is 234 g/mol. The summed E-state index contributed by atoms with van der Waals surface area (Å²) in [6.07, 6.45) is 7.47. The lowest BCUT2D eigenvalue weighted by atomic mass is 9.57. The van der Waals surface area contributed by atoms with Gasteiger partial charge in [0.2, 0.25) is 0 Å². The number of Topliss-reactive ketones (excluding diaryl/α,β-unsaturated/α-hetero) is 1. The van der Waals surface area contributed by atoms with Gasteiger partial charge in [0, 0.05) is 11.0 Å². The predicted molar refractivity (Wildman–Crippen MR) is 82.3 cm³/mol. The van der Waals surface area contributed by atoms with Crippen LogP contribution in [0.4, 0.5) is 0 Å². The van der Waals surface area contributed by atoms with Crippen molar-refractivity contribution in [2.24, 2.45) is 17.3 Å². The summed E-state index contributed by atoms with van der Waals surface area (Å²) >= 11 is 0. The van der Waals surface area contributed by atoms with Crippen LogP contribution in [-0.4, -0.2) is 18.4 Å². The first-order valence-electron chi connectivity index (χ1n) is 8.08. The molecule has 0 heterocycles. The van der Waals surface area contributed by atoms with E-state index in [0.717, 1.165) is 18.8 Å². The molecule has 2 aliphatic carbocycles. The molecule has 4 atom stereocenters. The van der Waals surface area contributed by atoms with Gasteiger partial charge in [-0.25, -0.2) is 0 Å². The lowest BCUT2D eigenvalue weighted by molar-refractivity contribution is -0.136. The van der Waals surface area contributed by atoms with Crippen LogP contribution in [0.25, 0.3) is 0 Å². The van der Waals surface area contributed by atoms with Gasteiger partial charge in [0.1, 0.15) is 5.78 Å². The SMILES string of the molecule is CCC1(C(C)=O)CCC1C.CCC1(NC)CCC1C.